The van der Waals surface area contributed by atoms with Crippen molar-refractivity contribution in [2.75, 3.05) is 26.0 Å². The number of likely N-dealkylation sites (N-methyl/N-ethyl adjacent to an activating group) is 2. The van der Waals surface area contributed by atoms with Crippen molar-refractivity contribution in [3.63, 3.8) is 0 Å². The van der Waals surface area contributed by atoms with E-state index >= 15 is 0 Å². The molecule has 8 amide bonds. The van der Waals surface area contributed by atoms with Crippen molar-refractivity contribution < 1.29 is 38.4 Å². The lowest BCUT2D eigenvalue weighted by Gasteiger charge is -2.42. The average Bonchev–Trinajstić information content (AvgIpc) is 3.95. The minimum atomic E-state index is -0.977. The molecule has 81 heavy (non-hydrogen) atoms. The molecule has 18 heteroatoms. The van der Waals surface area contributed by atoms with E-state index in [0.29, 0.717) is 16.8 Å². The Bertz CT molecular complexity index is 3020. The molecule has 1 fully saturated rings. The summed E-state index contributed by atoms with van der Waals surface area (Å²) in [5.74, 6) is -3.05. The second-order valence-corrected chi connectivity index (χ2v) is 24.6. The number of rotatable bonds is 16. The quantitative estimate of drug-likeness (QED) is 0.0696. The lowest BCUT2D eigenvalue weighted by Crippen LogP contribution is -2.62. The summed E-state index contributed by atoms with van der Waals surface area (Å²) < 4.78 is 0. The molecule has 18 nitrogen and oxygen atoms in total. The van der Waals surface area contributed by atoms with Crippen LogP contribution >= 0.6 is 0 Å². The molecule has 0 radical (unpaired) electrons. The second-order valence-electron chi connectivity index (χ2n) is 24.6. The summed E-state index contributed by atoms with van der Waals surface area (Å²) in [6.45, 7) is 14.6. The molecule has 1 saturated heterocycles. The Balaban J connectivity index is 0.972. The Morgan fingerprint density at radius 3 is 1.56 bits per heavy atom. The number of likely N-dealkylation sites (tertiary alicyclic amines) is 1. The van der Waals surface area contributed by atoms with Crippen molar-refractivity contribution in [3.05, 3.63) is 136 Å². The van der Waals surface area contributed by atoms with Crippen molar-refractivity contribution in [3.8, 4) is 0 Å². The fourth-order valence-electron chi connectivity index (χ4n) is 11.6. The number of nitrogens with zero attached hydrogens (tertiary/aromatic N) is 2. The number of fused-ring (bicyclic) bond motifs is 3. The summed E-state index contributed by atoms with van der Waals surface area (Å²) in [6, 6.07) is 21.7. The van der Waals surface area contributed by atoms with Gasteiger partial charge in [-0.1, -0.05) is 96.1 Å². The van der Waals surface area contributed by atoms with Crippen LogP contribution < -0.4 is 42.5 Å². The Kier molecular flexibility index (Phi) is 18.5. The molecule has 0 unspecified atom stereocenters. The fourth-order valence-corrected chi connectivity index (χ4v) is 11.6. The van der Waals surface area contributed by atoms with Gasteiger partial charge in [0.25, 0.3) is 11.8 Å². The van der Waals surface area contributed by atoms with E-state index in [4.69, 9.17) is 0 Å². The number of amides is 8. The van der Waals surface area contributed by atoms with Crippen LogP contribution in [0.3, 0.4) is 0 Å². The van der Waals surface area contributed by atoms with Crippen molar-refractivity contribution in [1.29, 1.82) is 0 Å². The summed E-state index contributed by atoms with van der Waals surface area (Å²) >= 11 is 0. The van der Waals surface area contributed by atoms with Gasteiger partial charge in [0.15, 0.2) is 0 Å². The Labute approximate surface area is 476 Å². The van der Waals surface area contributed by atoms with Gasteiger partial charge in [-0.25, -0.2) is 0 Å². The maximum Gasteiger partial charge on any atom is 0.255 e. The van der Waals surface area contributed by atoms with Gasteiger partial charge >= 0.3 is 0 Å². The third kappa shape index (κ3) is 13.8. The van der Waals surface area contributed by atoms with Gasteiger partial charge in [-0.15, -0.1) is 0 Å². The maximum atomic E-state index is 14.9. The predicted molar refractivity (Wildman–Crippen MR) is 311 cm³/mol. The van der Waals surface area contributed by atoms with Crippen LogP contribution in [0.25, 0.3) is 0 Å². The number of carbonyl (C=O) groups is 8. The van der Waals surface area contributed by atoms with Crippen LogP contribution in [0, 0.1) is 10.8 Å². The number of benzene rings is 4. The zero-order valence-corrected chi connectivity index (χ0v) is 48.6. The summed E-state index contributed by atoms with van der Waals surface area (Å²) in [5.41, 5.74) is 5.52. The third-order valence-electron chi connectivity index (χ3n) is 16.6. The molecule has 432 valence electrons. The molecule has 0 bridgehead atoms. The van der Waals surface area contributed by atoms with Gasteiger partial charge in [0, 0.05) is 42.4 Å². The molecule has 2 heterocycles. The highest BCUT2D eigenvalue weighted by molar-refractivity contribution is 6.05. The first-order valence-corrected chi connectivity index (χ1v) is 28.6. The van der Waals surface area contributed by atoms with Crippen LogP contribution in [0.4, 0.5) is 5.69 Å². The van der Waals surface area contributed by atoms with E-state index in [0.717, 1.165) is 55.2 Å². The van der Waals surface area contributed by atoms with Crippen LogP contribution in [0.5, 0.6) is 0 Å². The van der Waals surface area contributed by atoms with Crippen LogP contribution in [-0.2, 0) is 54.6 Å². The minimum Gasteiger partial charge on any atom is -0.347 e. The standard InChI is InChI=1S/C63H82N10O8/c1-36(64-9)54(74)70-52(62(3,4)5)60(80)72-34-43-31-42(26-25-41(43)32-50(72)58(78)68-48-23-15-19-38-17-11-13-21-46(38)48)57(77)66-44-29-27-40(28-30-44)56(76)67-45-33-51(59(79)69-49-24-16-20-39-18-12-14-22-47(39)49)73(35-45)61(81)53(63(6,7)8)71-55(75)37(2)65-10/h11-14,17-18,21-22,25-31,36-37,45,48-53,64-65H,15-16,19-20,23-24,32-35H2,1-10H3,(H,66,77)(H,67,76)(H,68,78)(H,69,79)(H,70,74)(H,71,75)/t36-,37-,45-,48+,49+,50-,51-,52+,53+/m0/s1. The molecule has 0 spiro atoms. The van der Waals surface area contributed by atoms with Crippen LogP contribution in [0.1, 0.15) is 154 Å². The summed E-state index contributed by atoms with van der Waals surface area (Å²) in [6.07, 6.45) is 5.48. The van der Waals surface area contributed by atoms with Crippen LogP contribution in [-0.4, -0.2) is 120 Å². The summed E-state index contributed by atoms with van der Waals surface area (Å²) in [4.78, 5) is 116. The molecule has 4 aromatic rings. The zero-order chi connectivity index (χ0) is 58.5. The van der Waals surface area contributed by atoms with Crippen molar-refractivity contribution in [1.82, 2.24) is 47.0 Å². The molecule has 0 saturated carbocycles. The smallest absolute Gasteiger partial charge is 0.255 e. The van der Waals surface area contributed by atoms with Gasteiger partial charge in [0.05, 0.1) is 24.2 Å². The lowest BCUT2D eigenvalue weighted by atomic mass is 9.83. The topological polar surface area (TPSA) is 239 Å². The molecule has 0 aromatic heterocycles. The number of anilines is 1. The molecule has 9 atom stereocenters. The van der Waals surface area contributed by atoms with Gasteiger partial charge < -0.3 is 52.3 Å². The number of hydrogen-bond donors (Lipinski definition) is 8. The number of nitrogens with one attached hydrogen (secondary N) is 8. The maximum absolute atomic E-state index is 14.9. The second kappa shape index (κ2) is 25.1. The first-order valence-electron chi connectivity index (χ1n) is 28.6. The van der Waals surface area contributed by atoms with E-state index in [-0.39, 0.29) is 67.2 Å². The normalized spacial score (nSPS) is 21.1. The van der Waals surface area contributed by atoms with Gasteiger partial charge in [0.2, 0.25) is 35.4 Å². The number of carbonyl (C=O) groups excluding carboxylic acids is 8. The van der Waals surface area contributed by atoms with E-state index in [1.807, 2.05) is 84.0 Å². The number of aryl methyl sites for hydroxylation is 2. The third-order valence-corrected chi connectivity index (χ3v) is 16.6. The van der Waals surface area contributed by atoms with Gasteiger partial charge in [-0.05, 0) is 153 Å². The monoisotopic (exact) mass is 1110 g/mol. The van der Waals surface area contributed by atoms with Gasteiger partial charge in [0.1, 0.15) is 24.2 Å². The minimum absolute atomic E-state index is 0.0134. The molecule has 4 aliphatic rings. The first kappa shape index (κ1) is 59.7. The largest absolute Gasteiger partial charge is 0.347 e. The van der Waals surface area contributed by atoms with Gasteiger partial charge in [-0.3, -0.25) is 38.4 Å². The Morgan fingerprint density at radius 1 is 0.543 bits per heavy atom. The zero-order valence-electron chi connectivity index (χ0n) is 48.6. The van der Waals surface area contributed by atoms with E-state index in [1.165, 1.54) is 16.0 Å². The Morgan fingerprint density at radius 2 is 1.04 bits per heavy atom. The van der Waals surface area contributed by atoms with E-state index in [2.05, 4.69) is 54.7 Å². The molecular formula is C63H82N10O8. The van der Waals surface area contributed by atoms with Gasteiger partial charge in [-0.2, -0.15) is 0 Å². The average molecular weight is 1110 g/mol. The highest BCUT2D eigenvalue weighted by Crippen LogP contribution is 2.35. The van der Waals surface area contributed by atoms with Crippen molar-refractivity contribution in [2.45, 2.75) is 168 Å². The SMILES string of the molecule is CN[C@@H](C)C(=O)N[C@H](C(=O)N1Cc2cc(C(=O)Nc3ccc(C(=O)N[C@H]4C[C@@H](C(=O)N[C@@H]5CCCc6ccccc65)N(C(=O)[C@@H](NC(=O)[C@H](C)NC)C(C)(C)C)C4)cc3)ccc2C[C@H]1C(=O)N[C@@H]1CCCc2ccccc21)C(C)(C)C. The lowest BCUT2D eigenvalue weighted by molar-refractivity contribution is -0.147. The molecular weight excluding hydrogens is 1020 g/mol. The molecule has 8 N–H and O–H groups in total. The van der Waals surface area contributed by atoms with Crippen molar-refractivity contribution in [2.24, 2.45) is 10.8 Å². The highest BCUT2D eigenvalue weighted by atomic mass is 16.2. The van der Waals surface area contributed by atoms with E-state index in [9.17, 15) is 38.4 Å². The summed E-state index contributed by atoms with van der Waals surface area (Å²) in [7, 11) is 3.33. The molecule has 2 aliphatic carbocycles. The van der Waals surface area contributed by atoms with E-state index in [1.54, 1.807) is 69.2 Å². The predicted octanol–water partition coefficient (Wildman–Crippen LogP) is 5.56. The molecule has 8 rings (SSSR count). The number of hydrogen-bond acceptors (Lipinski definition) is 10. The van der Waals surface area contributed by atoms with Crippen LogP contribution in [0.2, 0.25) is 0 Å². The van der Waals surface area contributed by atoms with E-state index < -0.39 is 76.8 Å². The fraction of sp³-hybridized carbons (Fsp3) is 0.492. The van der Waals surface area contributed by atoms with Crippen LogP contribution in [0.15, 0.2) is 91.0 Å². The summed E-state index contributed by atoms with van der Waals surface area (Å²) in [5, 5.41) is 24.2. The van der Waals surface area contributed by atoms with Crippen molar-refractivity contribution >= 4 is 52.9 Å². The molecule has 4 aromatic carbocycles. The molecule has 2 aliphatic heterocycles. The first-order chi connectivity index (χ1) is 38.4. The Hall–Kier alpha value is -7.44. The highest BCUT2D eigenvalue weighted by Gasteiger charge is 2.47.